The predicted molar refractivity (Wildman–Crippen MR) is 67.2 cm³/mol. The van der Waals surface area contributed by atoms with E-state index in [0.717, 1.165) is 19.3 Å². The third kappa shape index (κ3) is 5.04. The molecule has 0 aliphatic heterocycles. The number of carbonyl (C=O) groups is 2. The molecule has 18 heavy (non-hydrogen) atoms. The monoisotopic (exact) mass is 257 g/mol. The van der Waals surface area contributed by atoms with Gasteiger partial charge in [-0.3, -0.25) is 9.59 Å². The van der Waals surface area contributed by atoms with E-state index in [4.69, 9.17) is 9.84 Å². The molecule has 0 aromatic carbocycles. The SMILES string of the molecule is CCC(C)NC(=O)COC1CCC(C(=O)O)CC1. The third-order valence-electron chi connectivity index (χ3n) is 3.49. The molecule has 1 saturated carbocycles. The summed E-state index contributed by atoms with van der Waals surface area (Å²) in [7, 11) is 0. The van der Waals surface area contributed by atoms with E-state index >= 15 is 0 Å². The lowest BCUT2D eigenvalue weighted by Crippen LogP contribution is -2.36. The average Bonchev–Trinajstić information content (AvgIpc) is 2.36. The molecule has 0 radical (unpaired) electrons. The van der Waals surface area contributed by atoms with E-state index in [9.17, 15) is 9.59 Å². The minimum Gasteiger partial charge on any atom is -0.481 e. The molecule has 1 aliphatic rings. The van der Waals surface area contributed by atoms with Crippen LogP contribution in [-0.4, -0.2) is 35.7 Å². The average molecular weight is 257 g/mol. The number of carboxylic acids is 1. The van der Waals surface area contributed by atoms with Gasteiger partial charge in [-0.15, -0.1) is 0 Å². The highest BCUT2D eigenvalue weighted by molar-refractivity contribution is 5.77. The first-order valence-corrected chi connectivity index (χ1v) is 6.66. The topological polar surface area (TPSA) is 75.6 Å². The molecule has 0 aromatic heterocycles. The highest BCUT2D eigenvalue weighted by Crippen LogP contribution is 2.26. The summed E-state index contributed by atoms with van der Waals surface area (Å²) in [6.07, 6.45) is 3.68. The van der Waals surface area contributed by atoms with Gasteiger partial charge in [-0.25, -0.2) is 0 Å². The molecular weight excluding hydrogens is 234 g/mol. The maximum Gasteiger partial charge on any atom is 0.306 e. The number of ether oxygens (including phenoxy) is 1. The van der Waals surface area contributed by atoms with Crippen molar-refractivity contribution in [3.05, 3.63) is 0 Å². The normalized spacial score (nSPS) is 25.4. The summed E-state index contributed by atoms with van der Waals surface area (Å²) < 4.78 is 5.51. The molecule has 0 saturated heterocycles. The Hall–Kier alpha value is -1.10. The molecule has 0 spiro atoms. The highest BCUT2D eigenvalue weighted by Gasteiger charge is 2.26. The van der Waals surface area contributed by atoms with Crippen LogP contribution in [-0.2, 0) is 14.3 Å². The molecule has 2 N–H and O–H groups in total. The number of carboxylic acid groups (broad SMARTS) is 1. The Morgan fingerprint density at radius 1 is 1.33 bits per heavy atom. The van der Waals surface area contributed by atoms with Gasteiger partial charge < -0.3 is 15.2 Å². The molecule has 1 atom stereocenters. The molecule has 1 rings (SSSR count). The number of carbonyl (C=O) groups excluding carboxylic acids is 1. The lowest BCUT2D eigenvalue weighted by Gasteiger charge is -2.26. The molecule has 1 amide bonds. The van der Waals surface area contributed by atoms with Crippen LogP contribution in [0, 0.1) is 5.92 Å². The lowest BCUT2D eigenvalue weighted by molar-refractivity contribution is -0.144. The summed E-state index contributed by atoms with van der Waals surface area (Å²) in [6.45, 7) is 4.04. The van der Waals surface area contributed by atoms with Gasteiger partial charge in [0.1, 0.15) is 6.61 Å². The van der Waals surface area contributed by atoms with Gasteiger partial charge in [-0.1, -0.05) is 6.92 Å². The van der Waals surface area contributed by atoms with Crippen LogP contribution in [0.3, 0.4) is 0 Å². The highest BCUT2D eigenvalue weighted by atomic mass is 16.5. The van der Waals surface area contributed by atoms with Crippen LogP contribution in [0.5, 0.6) is 0 Å². The van der Waals surface area contributed by atoms with Crippen LogP contribution in [0.15, 0.2) is 0 Å². The maximum atomic E-state index is 11.5. The Morgan fingerprint density at radius 3 is 2.44 bits per heavy atom. The van der Waals surface area contributed by atoms with E-state index in [0.29, 0.717) is 12.8 Å². The van der Waals surface area contributed by atoms with Crippen molar-refractivity contribution in [2.24, 2.45) is 5.92 Å². The molecule has 1 fully saturated rings. The Balaban J connectivity index is 2.18. The second kappa shape index (κ2) is 7.36. The zero-order chi connectivity index (χ0) is 13.5. The zero-order valence-corrected chi connectivity index (χ0v) is 11.1. The summed E-state index contributed by atoms with van der Waals surface area (Å²) in [5.74, 6) is -1.05. The third-order valence-corrected chi connectivity index (χ3v) is 3.49. The van der Waals surface area contributed by atoms with Gasteiger partial charge in [0, 0.05) is 6.04 Å². The molecular formula is C13H23NO4. The second-order valence-corrected chi connectivity index (χ2v) is 5.00. The number of hydrogen-bond donors (Lipinski definition) is 2. The van der Waals surface area contributed by atoms with Gasteiger partial charge in [0.25, 0.3) is 0 Å². The van der Waals surface area contributed by atoms with Crippen molar-refractivity contribution in [1.82, 2.24) is 5.32 Å². The number of nitrogens with one attached hydrogen (secondary N) is 1. The van der Waals surface area contributed by atoms with Crippen LogP contribution in [0.2, 0.25) is 0 Å². The fraction of sp³-hybridized carbons (Fsp3) is 0.846. The van der Waals surface area contributed by atoms with Crippen molar-refractivity contribution in [1.29, 1.82) is 0 Å². The summed E-state index contributed by atoms with van der Waals surface area (Å²) >= 11 is 0. The van der Waals surface area contributed by atoms with Gasteiger partial charge in [-0.2, -0.15) is 0 Å². The number of amides is 1. The maximum absolute atomic E-state index is 11.5. The summed E-state index contributed by atoms with van der Waals surface area (Å²) in [5, 5.41) is 11.7. The quantitative estimate of drug-likeness (QED) is 0.757. The van der Waals surface area contributed by atoms with Gasteiger partial charge in [0.15, 0.2) is 0 Å². The summed E-state index contributed by atoms with van der Waals surface area (Å²) in [6, 6.07) is 0.170. The van der Waals surface area contributed by atoms with Crippen molar-refractivity contribution in [3.63, 3.8) is 0 Å². The first kappa shape index (κ1) is 15.0. The van der Waals surface area contributed by atoms with Crippen molar-refractivity contribution < 1.29 is 19.4 Å². The van der Waals surface area contributed by atoms with E-state index in [1.54, 1.807) is 0 Å². The smallest absolute Gasteiger partial charge is 0.306 e. The van der Waals surface area contributed by atoms with Gasteiger partial charge in [-0.05, 0) is 39.0 Å². The van der Waals surface area contributed by atoms with Gasteiger partial charge in [0.2, 0.25) is 5.91 Å². The van der Waals surface area contributed by atoms with Gasteiger partial charge >= 0.3 is 5.97 Å². The Labute approximate surface area is 108 Å². The fourth-order valence-electron chi connectivity index (χ4n) is 2.09. The Morgan fingerprint density at radius 2 is 1.94 bits per heavy atom. The van der Waals surface area contributed by atoms with E-state index in [-0.39, 0.29) is 30.6 Å². The fourth-order valence-corrected chi connectivity index (χ4v) is 2.09. The minimum absolute atomic E-state index is 0.0308. The summed E-state index contributed by atoms with van der Waals surface area (Å²) in [5.41, 5.74) is 0. The molecule has 104 valence electrons. The zero-order valence-electron chi connectivity index (χ0n) is 11.1. The molecule has 5 nitrogen and oxygen atoms in total. The molecule has 1 unspecified atom stereocenters. The lowest BCUT2D eigenvalue weighted by atomic mass is 9.87. The van der Waals surface area contributed by atoms with Crippen LogP contribution in [0.1, 0.15) is 46.0 Å². The molecule has 1 aliphatic carbocycles. The second-order valence-electron chi connectivity index (χ2n) is 5.00. The number of hydrogen-bond acceptors (Lipinski definition) is 3. The van der Waals surface area contributed by atoms with Crippen molar-refractivity contribution >= 4 is 11.9 Å². The minimum atomic E-state index is -0.719. The van der Waals surface area contributed by atoms with E-state index in [1.165, 1.54) is 0 Å². The van der Waals surface area contributed by atoms with Crippen LogP contribution in [0.4, 0.5) is 0 Å². The molecule has 0 bridgehead atoms. The first-order chi connectivity index (χ1) is 8.52. The van der Waals surface area contributed by atoms with E-state index < -0.39 is 5.97 Å². The van der Waals surface area contributed by atoms with E-state index in [2.05, 4.69) is 5.32 Å². The molecule has 0 aromatic rings. The summed E-state index contributed by atoms with van der Waals surface area (Å²) in [4.78, 5) is 22.3. The van der Waals surface area contributed by atoms with Crippen molar-refractivity contribution in [2.75, 3.05) is 6.61 Å². The first-order valence-electron chi connectivity index (χ1n) is 6.66. The van der Waals surface area contributed by atoms with E-state index in [1.807, 2.05) is 13.8 Å². The molecule has 0 heterocycles. The van der Waals surface area contributed by atoms with Gasteiger partial charge in [0.05, 0.1) is 12.0 Å². The Kier molecular flexibility index (Phi) is 6.12. The largest absolute Gasteiger partial charge is 0.481 e. The van der Waals surface area contributed by atoms with Crippen LogP contribution >= 0.6 is 0 Å². The standard InChI is InChI=1S/C13H23NO4/c1-3-9(2)14-12(15)8-18-11-6-4-10(5-7-11)13(16)17/h9-11H,3-8H2,1-2H3,(H,14,15)(H,16,17). The predicted octanol–water partition coefficient (Wildman–Crippen LogP) is 1.56. The van der Waals surface area contributed by atoms with Crippen LogP contribution in [0.25, 0.3) is 0 Å². The number of rotatable bonds is 6. The number of aliphatic carboxylic acids is 1. The Bertz CT molecular complexity index is 285. The van der Waals surface area contributed by atoms with Crippen LogP contribution < -0.4 is 5.32 Å². The molecule has 5 heteroatoms. The van der Waals surface area contributed by atoms with Crippen molar-refractivity contribution in [3.8, 4) is 0 Å². The van der Waals surface area contributed by atoms with Crippen molar-refractivity contribution in [2.45, 2.75) is 58.1 Å².